The molecule has 0 atom stereocenters. The molecule has 1 aromatic carbocycles. The second-order valence-corrected chi connectivity index (χ2v) is 9.94. The van der Waals surface area contributed by atoms with Gasteiger partial charge in [0.25, 0.3) is 6.47 Å². The van der Waals surface area contributed by atoms with Gasteiger partial charge in [-0.2, -0.15) is 0 Å². The van der Waals surface area contributed by atoms with E-state index >= 15 is 0 Å². The highest BCUT2D eigenvalue weighted by Crippen LogP contribution is 2.25. The number of hydrogen-bond acceptors (Lipinski definition) is 2. The Morgan fingerprint density at radius 3 is 1.74 bits per heavy atom. The fourth-order valence-corrected chi connectivity index (χ4v) is 3.68. The van der Waals surface area contributed by atoms with Crippen LogP contribution in [0.25, 0.3) is 0 Å². The molecule has 0 unspecified atom stereocenters. The summed E-state index contributed by atoms with van der Waals surface area (Å²) in [5, 5.41) is 0. The molecule has 2 heteroatoms. The summed E-state index contributed by atoms with van der Waals surface area (Å²) >= 11 is 0. The fraction of sp³-hybridized carbons (Fsp3) is 0.720. The molecule has 0 N–H and O–H groups in total. The van der Waals surface area contributed by atoms with Crippen LogP contribution in [-0.2, 0) is 22.4 Å². The van der Waals surface area contributed by atoms with Crippen molar-refractivity contribution in [1.82, 2.24) is 0 Å². The minimum absolute atomic E-state index is 0.344. The quantitative estimate of drug-likeness (QED) is 0.288. The van der Waals surface area contributed by atoms with Gasteiger partial charge in [0.05, 0.1) is 0 Å². The maximum absolute atomic E-state index is 10.5. The normalized spacial score (nSPS) is 12.3. The van der Waals surface area contributed by atoms with E-state index in [1.165, 1.54) is 54.4 Å². The van der Waals surface area contributed by atoms with Crippen LogP contribution in [-0.4, -0.2) is 12.1 Å². The van der Waals surface area contributed by atoms with E-state index in [4.69, 9.17) is 4.74 Å². The van der Waals surface area contributed by atoms with Gasteiger partial charge >= 0.3 is 0 Å². The van der Waals surface area contributed by atoms with Crippen LogP contribution >= 0.6 is 0 Å². The summed E-state index contributed by atoms with van der Waals surface area (Å²) in [4.78, 5) is 10.5. The summed E-state index contributed by atoms with van der Waals surface area (Å²) in [6, 6.07) is 4.68. The highest BCUT2D eigenvalue weighted by molar-refractivity contribution is 5.39. The Bertz CT molecular complexity index is 579. The second-order valence-electron chi connectivity index (χ2n) is 9.94. The van der Waals surface area contributed by atoms with E-state index in [9.17, 15) is 4.79 Å². The number of benzene rings is 1. The molecule has 0 bridgehead atoms. The first-order valence-corrected chi connectivity index (χ1v) is 10.8. The van der Waals surface area contributed by atoms with Crippen molar-refractivity contribution in [3.8, 4) is 0 Å². The number of carbonyl (C=O) groups is 1. The molecule has 0 spiro atoms. The van der Waals surface area contributed by atoms with Crippen LogP contribution < -0.4 is 0 Å². The van der Waals surface area contributed by atoms with Crippen LogP contribution in [0.3, 0.4) is 0 Å². The van der Waals surface area contributed by atoms with E-state index < -0.39 is 0 Å². The van der Waals surface area contributed by atoms with E-state index in [0.29, 0.717) is 11.9 Å². The molecule has 0 fully saturated rings. The van der Waals surface area contributed by atoms with Crippen LogP contribution in [0.5, 0.6) is 0 Å². The molecule has 1 rings (SSSR count). The Hall–Kier alpha value is -1.31. The highest BCUT2D eigenvalue weighted by Gasteiger charge is 2.18. The third-order valence-electron chi connectivity index (χ3n) is 5.73. The molecule has 27 heavy (non-hydrogen) atoms. The zero-order valence-electron chi connectivity index (χ0n) is 18.9. The number of rotatable bonds is 12. The first-order chi connectivity index (χ1) is 12.6. The number of carbonyl (C=O) groups excluding carboxylic acids is 1. The summed E-state index contributed by atoms with van der Waals surface area (Å²) in [7, 11) is 0. The van der Waals surface area contributed by atoms with E-state index in [1.807, 2.05) is 13.8 Å². The number of hydrogen-bond donors (Lipinski definition) is 0. The van der Waals surface area contributed by atoms with Gasteiger partial charge < -0.3 is 4.74 Å². The summed E-state index contributed by atoms with van der Waals surface area (Å²) in [6.45, 7) is 16.1. The Labute approximate surface area is 168 Å². The molecule has 1 aromatic rings. The zero-order valence-corrected chi connectivity index (χ0v) is 18.9. The van der Waals surface area contributed by atoms with Crippen LogP contribution in [0.4, 0.5) is 0 Å². The largest absolute Gasteiger partial charge is 0.462 e. The Balaban J connectivity index is 2.45. The van der Waals surface area contributed by atoms with Crippen LogP contribution in [0.2, 0.25) is 0 Å². The standard InChI is InChI=1S/C25H42O2/c1-20-21(2)23(14-10-12-18-25(6,7)27-19-26)16-15-22(20)13-9-8-11-17-24(3,4)5/h15-16,19H,8-14,17-18H2,1-7H3. The third-order valence-corrected chi connectivity index (χ3v) is 5.73. The fourth-order valence-electron chi connectivity index (χ4n) is 3.68. The highest BCUT2D eigenvalue weighted by atomic mass is 16.5. The van der Waals surface area contributed by atoms with Gasteiger partial charge in [0.1, 0.15) is 5.60 Å². The van der Waals surface area contributed by atoms with Crippen molar-refractivity contribution in [2.45, 2.75) is 112 Å². The Morgan fingerprint density at radius 1 is 0.778 bits per heavy atom. The molecule has 0 saturated heterocycles. The lowest BCUT2D eigenvalue weighted by atomic mass is 9.88. The molecule has 0 saturated carbocycles. The molecule has 0 aliphatic rings. The van der Waals surface area contributed by atoms with Crippen molar-refractivity contribution < 1.29 is 9.53 Å². The lowest BCUT2D eigenvalue weighted by Gasteiger charge is -2.22. The minimum atomic E-state index is -0.344. The SMILES string of the molecule is Cc1c(CCCCCC(C)(C)C)ccc(CCCCC(C)(C)OC=O)c1C. The van der Waals surface area contributed by atoms with E-state index in [0.717, 1.165) is 25.7 Å². The molecule has 0 amide bonds. The number of unbranched alkanes of at least 4 members (excludes halogenated alkanes) is 3. The van der Waals surface area contributed by atoms with Crippen molar-refractivity contribution in [3.05, 3.63) is 34.4 Å². The van der Waals surface area contributed by atoms with Crippen molar-refractivity contribution in [2.24, 2.45) is 5.41 Å². The Morgan fingerprint density at radius 2 is 1.26 bits per heavy atom. The summed E-state index contributed by atoms with van der Waals surface area (Å²) < 4.78 is 5.13. The molecule has 0 heterocycles. The zero-order chi connectivity index (χ0) is 20.5. The lowest BCUT2D eigenvalue weighted by molar-refractivity contribution is -0.140. The molecule has 154 valence electrons. The average Bonchev–Trinajstić information content (AvgIpc) is 2.55. The molecular formula is C25H42O2. The lowest BCUT2D eigenvalue weighted by Crippen LogP contribution is -2.23. The first kappa shape index (κ1) is 23.7. The van der Waals surface area contributed by atoms with Gasteiger partial charge in [-0.15, -0.1) is 0 Å². The van der Waals surface area contributed by atoms with Gasteiger partial charge in [-0.1, -0.05) is 45.7 Å². The topological polar surface area (TPSA) is 26.3 Å². The maximum atomic E-state index is 10.5. The van der Waals surface area contributed by atoms with Gasteiger partial charge in [-0.25, -0.2) is 0 Å². The molecule has 0 aliphatic heterocycles. The van der Waals surface area contributed by atoms with Gasteiger partial charge in [0.2, 0.25) is 0 Å². The van der Waals surface area contributed by atoms with Gasteiger partial charge in [0.15, 0.2) is 0 Å². The van der Waals surface area contributed by atoms with Crippen LogP contribution in [0.1, 0.15) is 102 Å². The van der Waals surface area contributed by atoms with Crippen molar-refractivity contribution >= 4 is 6.47 Å². The predicted octanol–water partition coefficient (Wildman–Crippen LogP) is 7.12. The predicted molar refractivity (Wildman–Crippen MR) is 116 cm³/mol. The molecule has 0 aliphatic carbocycles. The summed E-state index contributed by atoms with van der Waals surface area (Å²) in [5.74, 6) is 0. The van der Waals surface area contributed by atoms with E-state index in [-0.39, 0.29) is 5.60 Å². The van der Waals surface area contributed by atoms with Crippen molar-refractivity contribution in [2.75, 3.05) is 0 Å². The van der Waals surface area contributed by atoms with E-state index in [2.05, 4.69) is 46.8 Å². The molecule has 0 aromatic heterocycles. The average molecular weight is 375 g/mol. The number of ether oxygens (including phenoxy) is 1. The molecule has 0 radical (unpaired) electrons. The maximum Gasteiger partial charge on any atom is 0.293 e. The van der Waals surface area contributed by atoms with E-state index in [1.54, 1.807) is 0 Å². The van der Waals surface area contributed by atoms with Crippen LogP contribution in [0.15, 0.2) is 12.1 Å². The van der Waals surface area contributed by atoms with Crippen LogP contribution in [0, 0.1) is 19.3 Å². The minimum Gasteiger partial charge on any atom is -0.462 e. The summed E-state index contributed by atoms with van der Waals surface area (Å²) in [6.07, 6.45) is 10.7. The van der Waals surface area contributed by atoms with Crippen molar-refractivity contribution in [3.63, 3.8) is 0 Å². The summed E-state index contributed by atoms with van der Waals surface area (Å²) in [5.41, 5.74) is 6.05. The van der Waals surface area contributed by atoms with Gasteiger partial charge in [0, 0.05) is 0 Å². The van der Waals surface area contributed by atoms with Crippen molar-refractivity contribution in [1.29, 1.82) is 0 Å². The smallest absolute Gasteiger partial charge is 0.293 e. The monoisotopic (exact) mass is 374 g/mol. The van der Waals surface area contributed by atoms with Gasteiger partial charge in [-0.05, 0) is 100 Å². The third kappa shape index (κ3) is 9.44. The van der Waals surface area contributed by atoms with Gasteiger partial charge in [-0.3, -0.25) is 4.79 Å². The first-order valence-electron chi connectivity index (χ1n) is 10.8. The molecule has 2 nitrogen and oxygen atoms in total. The number of aryl methyl sites for hydroxylation is 2. The Kier molecular flexibility index (Phi) is 9.56. The molecular weight excluding hydrogens is 332 g/mol. The second kappa shape index (κ2) is 10.9.